The molecule has 1 spiro atoms. The number of aryl methyl sites for hydroxylation is 1. The number of anilines is 3. The maximum Gasteiger partial charge on any atom is 0.144 e. The second-order valence-corrected chi connectivity index (χ2v) is 18.3. The zero-order valence-corrected chi connectivity index (χ0v) is 32.2. The molecule has 3 aromatic rings. The number of hydrogen-bond acceptors (Lipinski definition) is 8. The van der Waals surface area contributed by atoms with Crippen molar-refractivity contribution in [2.24, 2.45) is 11.3 Å². The Morgan fingerprint density at radius 1 is 1.02 bits per heavy atom. The lowest BCUT2D eigenvalue weighted by Gasteiger charge is -2.45. The highest BCUT2D eigenvalue weighted by Gasteiger charge is 2.36. The van der Waals surface area contributed by atoms with Crippen LogP contribution in [0.5, 0.6) is 5.75 Å². The maximum atomic E-state index is 13.7. The monoisotopic (exact) mass is 746 g/mol. The second kappa shape index (κ2) is 15.4. The number of hydrogen-bond donors (Lipinski definition) is 3. The number of halogens is 1. The van der Waals surface area contributed by atoms with Crippen molar-refractivity contribution >= 4 is 56.5 Å². The van der Waals surface area contributed by atoms with Gasteiger partial charge in [0.1, 0.15) is 18.4 Å². The lowest BCUT2D eigenvalue weighted by molar-refractivity contribution is 0.155. The van der Waals surface area contributed by atoms with Crippen molar-refractivity contribution in [2.45, 2.75) is 65.2 Å². The SMILES string of the molecule is CCC1/C=C(Nc2ccc3nccnc3c2P(C)(C)=O)\C(Br)=C/CCCC=C1Nc1cc(C)c(N2CCC3(CCNCC3)CC2)cc1OC. The van der Waals surface area contributed by atoms with Crippen molar-refractivity contribution in [1.29, 1.82) is 0 Å². The maximum absolute atomic E-state index is 13.7. The van der Waals surface area contributed by atoms with Crippen molar-refractivity contribution < 1.29 is 9.30 Å². The van der Waals surface area contributed by atoms with E-state index in [4.69, 9.17) is 4.74 Å². The van der Waals surface area contributed by atoms with Crippen molar-refractivity contribution in [3.8, 4) is 5.75 Å². The Balaban J connectivity index is 1.29. The minimum Gasteiger partial charge on any atom is -0.494 e. The largest absolute Gasteiger partial charge is 0.494 e. The molecule has 0 amide bonds. The third kappa shape index (κ3) is 8.10. The fourth-order valence-electron chi connectivity index (χ4n) is 7.75. The van der Waals surface area contributed by atoms with Gasteiger partial charge >= 0.3 is 0 Å². The van der Waals surface area contributed by atoms with Crippen LogP contribution in [0.2, 0.25) is 0 Å². The van der Waals surface area contributed by atoms with Crippen LogP contribution in [0.1, 0.15) is 63.9 Å². The summed E-state index contributed by atoms with van der Waals surface area (Å²) in [6.07, 6.45) is 19.1. The summed E-state index contributed by atoms with van der Waals surface area (Å²) in [7, 11) is -0.940. The number of fused-ring (bicyclic) bond motifs is 1. The van der Waals surface area contributed by atoms with Gasteiger partial charge in [0.15, 0.2) is 0 Å². The van der Waals surface area contributed by atoms with Gasteiger partial charge in [0.2, 0.25) is 0 Å². The predicted molar refractivity (Wildman–Crippen MR) is 210 cm³/mol. The van der Waals surface area contributed by atoms with E-state index in [1.165, 1.54) is 36.9 Å². The summed E-state index contributed by atoms with van der Waals surface area (Å²) in [5.41, 5.74) is 8.34. The molecule has 1 aromatic heterocycles. The van der Waals surface area contributed by atoms with Gasteiger partial charge in [-0.2, -0.15) is 0 Å². The molecule has 2 fully saturated rings. The normalized spacial score (nSPS) is 22.4. The average Bonchev–Trinajstić information content (AvgIpc) is 3.09. The van der Waals surface area contributed by atoms with Crippen LogP contribution in [0.15, 0.2) is 70.8 Å². The van der Waals surface area contributed by atoms with E-state index < -0.39 is 7.14 Å². The van der Waals surface area contributed by atoms with E-state index in [2.05, 4.69) is 91.0 Å². The molecule has 3 aliphatic rings. The van der Waals surface area contributed by atoms with E-state index in [0.29, 0.717) is 10.9 Å². The van der Waals surface area contributed by atoms with Crippen LogP contribution in [0.4, 0.5) is 17.1 Å². The Labute approximate surface area is 300 Å². The first kappa shape index (κ1) is 35.7. The lowest BCUT2D eigenvalue weighted by Crippen LogP contribution is -2.45. The minimum absolute atomic E-state index is 0.0910. The van der Waals surface area contributed by atoms with Gasteiger partial charge in [0, 0.05) is 59.0 Å². The van der Waals surface area contributed by atoms with Crippen LogP contribution >= 0.6 is 23.1 Å². The van der Waals surface area contributed by atoms with E-state index in [1.54, 1.807) is 32.8 Å². The van der Waals surface area contributed by atoms with Gasteiger partial charge < -0.3 is 30.2 Å². The molecule has 1 atom stereocenters. The number of nitrogens with zero attached hydrogens (tertiary/aromatic N) is 3. The number of ether oxygens (including phenoxy) is 1. The molecular weight excluding hydrogens is 695 g/mol. The number of allylic oxidation sites excluding steroid dienone is 4. The van der Waals surface area contributed by atoms with Crippen LogP contribution in [0.3, 0.4) is 0 Å². The van der Waals surface area contributed by atoms with Gasteiger partial charge in [-0.1, -0.05) is 25.2 Å². The molecule has 0 bridgehead atoms. The van der Waals surface area contributed by atoms with Crippen molar-refractivity contribution in [3.63, 3.8) is 0 Å². The molecule has 6 rings (SSSR count). The highest BCUT2D eigenvalue weighted by Crippen LogP contribution is 2.44. The topological polar surface area (TPSA) is 91.4 Å². The summed E-state index contributed by atoms with van der Waals surface area (Å²) < 4.78 is 20.7. The number of piperidine rings is 2. The van der Waals surface area contributed by atoms with Crippen molar-refractivity contribution in [3.05, 3.63) is 76.3 Å². The summed E-state index contributed by atoms with van der Waals surface area (Å²) >= 11 is 3.89. The standard InChI is InChI=1S/C39H52BrN6O2P/c1-6-28-25-33(45-32-13-12-31-37(43-21-20-42-31)38(32)49(4,5)47)29(40)10-8-7-9-11-30(28)44-34-24-27(2)35(26-36(34)48-3)46-22-16-39(17-23-46)14-18-41-19-15-39/h10-13,20-21,24-26,28,41,44-45H,6-9,14-19,22-23H2,1-5H3/b29-10+,30-11?,33-25+. The first-order chi connectivity index (χ1) is 23.6. The Kier molecular flexibility index (Phi) is 11.2. The zero-order chi connectivity index (χ0) is 34.6. The summed E-state index contributed by atoms with van der Waals surface area (Å²) in [6, 6.07) is 8.42. The Morgan fingerprint density at radius 2 is 1.76 bits per heavy atom. The van der Waals surface area contributed by atoms with Crippen LogP contribution < -0.4 is 30.9 Å². The zero-order valence-electron chi connectivity index (χ0n) is 29.7. The molecule has 10 heteroatoms. The van der Waals surface area contributed by atoms with Crippen LogP contribution in [-0.4, -0.2) is 56.6 Å². The third-order valence-electron chi connectivity index (χ3n) is 10.6. The molecule has 2 aliphatic heterocycles. The second-order valence-electron chi connectivity index (χ2n) is 14.3. The first-order valence-corrected chi connectivity index (χ1v) is 21.3. The molecule has 1 aliphatic carbocycles. The Bertz CT molecular complexity index is 1800. The molecule has 3 heterocycles. The van der Waals surface area contributed by atoms with Gasteiger partial charge in [0.05, 0.1) is 29.3 Å². The Hall–Kier alpha value is -3.13. The number of aromatic nitrogens is 2. The summed E-state index contributed by atoms with van der Waals surface area (Å²) in [5, 5.41) is 11.8. The molecule has 3 N–H and O–H groups in total. The smallest absolute Gasteiger partial charge is 0.144 e. The van der Waals surface area contributed by atoms with E-state index in [0.717, 1.165) is 95.7 Å². The van der Waals surface area contributed by atoms with E-state index >= 15 is 0 Å². The fourth-order valence-corrected chi connectivity index (χ4v) is 9.60. The first-order valence-electron chi connectivity index (χ1n) is 17.9. The lowest BCUT2D eigenvalue weighted by atomic mass is 9.71. The van der Waals surface area contributed by atoms with Gasteiger partial charge in [-0.15, -0.1) is 0 Å². The van der Waals surface area contributed by atoms with Gasteiger partial charge in [-0.05, 0) is 130 Å². The van der Waals surface area contributed by atoms with Crippen molar-refractivity contribution in [2.75, 3.05) is 62.2 Å². The van der Waals surface area contributed by atoms with Crippen molar-refractivity contribution in [1.82, 2.24) is 15.3 Å². The summed E-state index contributed by atoms with van der Waals surface area (Å²) in [5.74, 6) is 0.954. The van der Waals surface area contributed by atoms with Crippen LogP contribution in [0.25, 0.3) is 11.0 Å². The predicted octanol–water partition coefficient (Wildman–Crippen LogP) is 8.95. The quantitative estimate of drug-likeness (QED) is 0.197. The van der Waals surface area contributed by atoms with Gasteiger partial charge in [-0.25, -0.2) is 0 Å². The highest BCUT2D eigenvalue weighted by atomic mass is 79.9. The number of benzene rings is 2. The highest BCUT2D eigenvalue weighted by molar-refractivity contribution is 9.12. The molecule has 49 heavy (non-hydrogen) atoms. The molecule has 1 unspecified atom stereocenters. The van der Waals surface area contributed by atoms with Crippen LogP contribution in [-0.2, 0) is 4.57 Å². The molecular formula is C39H52BrN6O2P. The number of nitrogens with one attached hydrogen (secondary N) is 3. The van der Waals surface area contributed by atoms with E-state index in [1.807, 2.05) is 12.1 Å². The third-order valence-corrected chi connectivity index (χ3v) is 12.9. The van der Waals surface area contributed by atoms with E-state index in [-0.39, 0.29) is 5.92 Å². The fraction of sp³-hybridized carbons (Fsp3) is 0.487. The molecule has 2 aromatic carbocycles. The van der Waals surface area contributed by atoms with E-state index in [9.17, 15) is 4.57 Å². The van der Waals surface area contributed by atoms with Crippen LogP contribution in [0, 0.1) is 18.3 Å². The molecule has 0 saturated carbocycles. The molecule has 8 nitrogen and oxygen atoms in total. The summed E-state index contributed by atoms with van der Waals surface area (Å²) in [6.45, 7) is 12.5. The number of rotatable bonds is 8. The van der Waals surface area contributed by atoms with Gasteiger partial charge in [-0.3, -0.25) is 9.97 Å². The minimum atomic E-state index is -2.71. The summed E-state index contributed by atoms with van der Waals surface area (Å²) in [4.78, 5) is 11.6. The molecule has 262 valence electrons. The molecule has 2 saturated heterocycles. The number of methoxy groups -OCH3 is 1. The molecule has 0 radical (unpaired) electrons. The average molecular weight is 748 g/mol. The Morgan fingerprint density at radius 3 is 2.47 bits per heavy atom. The van der Waals surface area contributed by atoms with Gasteiger partial charge in [0.25, 0.3) is 0 Å².